The van der Waals surface area contributed by atoms with Crippen LogP contribution in [0.4, 0.5) is 5.82 Å². The van der Waals surface area contributed by atoms with Crippen LogP contribution in [-0.2, 0) is 9.53 Å². The third kappa shape index (κ3) is 3.46. The number of rotatable bonds is 5. The molecule has 0 radical (unpaired) electrons. The number of benzene rings is 1. The van der Waals surface area contributed by atoms with Crippen LogP contribution >= 0.6 is 11.6 Å². The highest BCUT2D eigenvalue weighted by molar-refractivity contribution is 6.31. The van der Waals surface area contributed by atoms with Gasteiger partial charge in [0.15, 0.2) is 0 Å². The fourth-order valence-electron chi connectivity index (χ4n) is 2.20. The predicted octanol–water partition coefficient (Wildman–Crippen LogP) is 3.15. The van der Waals surface area contributed by atoms with E-state index < -0.39 is 0 Å². The van der Waals surface area contributed by atoms with Gasteiger partial charge in [-0.3, -0.25) is 4.79 Å². The molecule has 1 heterocycles. The van der Waals surface area contributed by atoms with Gasteiger partial charge in [-0.25, -0.2) is 4.98 Å². The van der Waals surface area contributed by atoms with E-state index >= 15 is 0 Å². The normalized spacial score (nSPS) is 10.3. The fraction of sp³-hybridized carbons (Fsp3) is 0.312. The minimum Gasteiger partial charge on any atom is -0.469 e. The Morgan fingerprint density at radius 3 is 2.86 bits per heavy atom. The summed E-state index contributed by atoms with van der Waals surface area (Å²) < 4.78 is 4.66. The van der Waals surface area contributed by atoms with Crippen molar-refractivity contribution >= 4 is 34.3 Å². The van der Waals surface area contributed by atoms with Crippen molar-refractivity contribution in [3.63, 3.8) is 0 Å². The molecule has 114 valence electrons. The highest BCUT2D eigenvalue weighted by atomic mass is 35.5. The summed E-state index contributed by atoms with van der Waals surface area (Å²) in [6.45, 7) is 3.13. The summed E-state index contributed by atoms with van der Waals surface area (Å²) in [6, 6.07) is 9.16. The van der Waals surface area contributed by atoms with Crippen LogP contribution in [0.25, 0.3) is 10.9 Å². The second-order valence-electron chi connectivity index (χ2n) is 4.71. The molecule has 5 nitrogen and oxygen atoms in total. The van der Waals surface area contributed by atoms with E-state index in [1.54, 1.807) is 24.3 Å². The lowest BCUT2D eigenvalue weighted by molar-refractivity contribution is -0.140. The van der Waals surface area contributed by atoms with Gasteiger partial charge in [0.1, 0.15) is 5.82 Å². The molecule has 0 saturated carbocycles. The second-order valence-corrected chi connectivity index (χ2v) is 5.14. The summed E-state index contributed by atoms with van der Waals surface area (Å²) >= 11 is 5.98. The standard InChI is InChI=1S/C16H16ClN3O2/c1-3-20(7-6-16(21)22-2)15-8-11(10-18)13-9-12(17)4-5-14(13)19-15/h4-5,8-9H,3,6-7H2,1-2H3. The molecular formula is C16H16ClN3O2. The smallest absolute Gasteiger partial charge is 0.307 e. The molecule has 2 rings (SSSR count). The highest BCUT2D eigenvalue weighted by Crippen LogP contribution is 2.25. The first kappa shape index (κ1) is 16.1. The topological polar surface area (TPSA) is 66.2 Å². The molecule has 0 atom stereocenters. The maximum atomic E-state index is 11.3. The zero-order chi connectivity index (χ0) is 16.1. The number of carbonyl (C=O) groups is 1. The van der Waals surface area contributed by atoms with Crippen molar-refractivity contribution in [2.45, 2.75) is 13.3 Å². The van der Waals surface area contributed by atoms with Crippen molar-refractivity contribution in [1.29, 1.82) is 5.26 Å². The molecule has 0 saturated heterocycles. The van der Waals surface area contributed by atoms with E-state index in [9.17, 15) is 10.1 Å². The number of halogens is 1. The Kier molecular flexibility index (Phi) is 5.18. The first-order chi connectivity index (χ1) is 10.6. The van der Waals surface area contributed by atoms with Gasteiger partial charge in [0, 0.05) is 23.5 Å². The minimum absolute atomic E-state index is 0.270. The molecule has 0 aliphatic carbocycles. The molecular weight excluding hydrogens is 302 g/mol. The van der Waals surface area contributed by atoms with E-state index in [1.807, 2.05) is 11.8 Å². The molecule has 0 amide bonds. The highest BCUT2D eigenvalue weighted by Gasteiger charge is 2.13. The molecule has 2 aromatic rings. The van der Waals surface area contributed by atoms with E-state index in [1.165, 1.54) is 7.11 Å². The Bertz CT molecular complexity index is 740. The number of methoxy groups -OCH3 is 1. The van der Waals surface area contributed by atoms with Gasteiger partial charge in [0.25, 0.3) is 0 Å². The van der Waals surface area contributed by atoms with Crippen molar-refractivity contribution in [3.05, 3.63) is 34.9 Å². The number of esters is 1. The van der Waals surface area contributed by atoms with Crippen LogP contribution in [0.1, 0.15) is 18.9 Å². The zero-order valence-corrected chi connectivity index (χ0v) is 13.2. The summed E-state index contributed by atoms with van der Waals surface area (Å²) in [4.78, 5) is 17.8. The van der Waals surface area contributed by atoms with Gasteiger partial charge in [-0.05, 0) is 31.2 Å². The van der Waals surface area contributed by atoms with Crippen LogP contribution in [0.15, 0.2) is 24.3 Å². The second kappa shape index (κ2) is 7.10. The van der Waals surface area contributed by atoms with Gasteiger partial charge in [0.05, 0.1) is 30.7 Å². The maximum absolute atomic E-state index is 11.3. The number of hydrogen-bond acceptors (Lipinski definition) is 5. The lowest BCUT2D eigenvalue weighted by atomic mass is 10.1. The van der Waals surface area contributed by atoms with Crippen LogP contribution in [0.5, 0.6) is 0 Å². The first-order valence-electron chi connectivity index (χ1n) is 6.91. The molecule has 6 heteroatoms. The Labute approximate surface area is 134 Å². The minimum atomic E-state index is -0.272. The molecule has 1 aromatic heterocycles. The van der Waals surface area contributed by atoms with E-state index in [2.05, 4.69) is 15.8 Å². The van der Waals surface area contributed by atoms with E-state index in [-0.39, 0.29) is 12.4 Å². The monoisotopic (exact) mass is 317 g/mol. The third-order valence-corrected chi connectivity index (χ3v) is 3.63. The lowest BCUT2D eigenvalue weighted by Crippen LogP contribution is -2.27. The molecule has 0 unspecified atom stereocenters. The van der Waals surface area contributed by atoms with E-state index in [4.69, 9.17) is 11.6 Å². The first-order valence-corrected chi connectivity index (χ1v) is 7.29. The fourth-order valence-corrected chi connectivity index (χ4v) is 2.37. The third-order valence-electron chi connectivity index (χ3n) is 3.40. The van der Waals surface area contributed by atoms with Crippen LogP contribution in [0, 0.1) is 11.3 Å². The van der Waals surface area contributed by atoms with Crippen LogP contribution in [0.2, 0.25) is 5.02 Å². The van der Waals surface area contributed by atoms with Gasteiger partial charge < -0.3 is 9.64 Å². The Morgan fingerprint density at radius 2 is 2.23 bits per heavy atom. The number of nitriles is 1. The SMILES string of the molecule is CCN(CCC(=O)OC)c1cc(C#N)c2cc(Cl)ccc2n1. The molecule has 0 bridgehead atoms. The molecule has 1 aromatic carbocycles. The van der Waals surface area contributed by atoms with Crippen molar-refractivity contribution in [3.8, 4) is 6.07 Å². The molecule has 0 N–H and O–H groups in total. The number of pyridine rings is 1. The Morgan fingerprint density at radius 1 is 1.45 bits per heavy atom. The van der Waals surface area contributed by atoms with Gasteiger partial charge in [-0.1, -0.05) is 11.6 Å². The molecule has 22 heavy (non-hydrogen) atoms. The van der Waals surface area contributed by atoms with Gasteiger partial charge in [0.2, 0.25) is 0 Å². The number of ether oxygens (including phenoxy) is 1. The number of nitrogens with zero attached hydrogens (tertiary/aromatic N) is 3. The Hall–Kier alpha value is -2.32. The van der Waals surface area contributed by atoms with Crippen molar-refractivity contribution in [1.82, 2.24) is 4.98 Å². The number of aromatic nitrogens is 1. The summed E-state index contributed by atoms with van der Waals surface area (Å²) in [5, 5.41) is 10.6. The van der Waals surface area contributed by atoms with E-state index in [0.29, 0.717) is 35.0 Å². The maximum Gasteiger partial charge on any atom is 0.307 e. The largest absolute Gasteiger partial charge is 0.469 e. The van der Waals surface area contributed by atoms with Crippen LogP contribution < -0.4 is 4.90 Å². The lowest BCUT2D eigenvalue weighted by Gasteiger charge is -2.22. The van der Waals surface area contributed by atoms with Crippen LogP contribution in [0.3, 0.4) is 0 Å². The van der Waals surface area contributed by atoms with Gasteiger partial charge >= 0.3 is 5.97 Å². The summed E-state index contributed by atoms with van der Waals surface area (Å²) in [6.07, 6.45) is 0.270. The summed E-state index contributed by atoms with van der Waals surface area (Å²) in [5.41, 5.74) is 1.22. The molecule has 0 spiro atoms. The van der Waals surface area contributed by atoms with E-state index in [0.717, 1.165) is 5.39 Å². The summed E-state index contributed by atoms with van der Waals surface area (Å²) in [5.74, 6) is 0.393. The number of fused-ring (bicyclic) bond motifs is 1. The average molecular weight is 318 g/mol. The quantitative estimate of drug-likeness (QED) is 0.792. The Balaban J connectivity index is 2.40. The number of anilines is 1. The number of carbonyl (C=O) groups excluding carboxylic acids is 1. The van der Waals surface area contributed by atoms with Crippen LogP contribution in [-0.4, -0.2) is 31.2 Å². The van der Waals surface area contributed by atoms with Crippen molar-refractivity contribution in [2.24, 2.45) is 0 Å². The molecule has 0 fully saturated rings. The van der Waals surface area contributed by atoms with Crippen molar-refractivity contribution in [2.75, 3.05) is 25.1 Å². The predicted molar refractivity (Wildman–Crippen MR) is 86.0 cm³/mol. The van der Waals surface area contributed by atoms with Gasteiger partial charge in [-0.15, -0.1) is 0 Å². The average Bonchev–Trinajstić information content (AvgIpc) is 2.54. The molecule has 0 aliphatic rings. The number of hydrogen-bond donors (Lipinski definition) is 0. The molecule has 0 aliphatic heterocycles. The van der Waals surface area contributed by atoms with Gasteiger partial charge in [-0.2, -0.15) is 5.26 Å². The van der Waals surface area contributed by atoms with Crippen molar-refractivity contribution < 1.29 is 9.53 Å². The summed E-state index contributed by atoms with van der Waals surface area (Å²) in [7, 11) is 1.37. The zero-order valence-electron chi connectivity index (χ0n) is 12.5.